The summed E-state index contributed by atoms with van der Waals surface area (Å²) < 4.78 is 42.9. The first kappa shape index (κ1) is 17.7. The first-order chi connectivity index (χ1) is 12.0. The van der Waals surface area contributed by atoms with Gasteiger partial charge in [0.1, 0.15) is 5.82 Å². The Morgan fingerprint density at radius 3 is 2.48 bits per heavy atom. The van der Waals surface area contributed by atoms with Gasteiger partial charge in [-0.05, 0) is 63.2 Å². The average molecular weight is 363 g/mol. The molecule has 0 atom stereocenters. The fourth-order valence-electron chi connectivity index (χ4n) is 2.97. The summed E-state index contributed by atoms with van der Waals surface area (Å²) in [6.45, 7) is 2.88. The number of para-hydroxylation sites is 2. The van der Waals surface area contributed by atoms with E-state index in [9.17, 15) is 12.8 Å². The summed E-state index contributed by atoms with van der Waals surface area (Å²) in [6.07, 6.45) is 1.62. The molecule has 0 unspecified atom stereocenters. The first-order valence-corrected chi connectivity index (χ1v) is 9.69. The molecule has 0 amide bonds. The van der Waals surface area contributed by atoms with Gasteiger partial charge in [0.25, 0.3) is 0 Å². The van der Waals surface area contributed by atoms with E-state index in [1.54, 1.807) is 37.3 Å². The molecule has 5 nitrogen and oxygen atoms in total. The van der Waals surface area contributed by atoms with Crippen molar-refractivity contribution < 1.29 is 12.8 Å². The van der Waals surface area contributed by atoms with Crippen molar-refractivity contribution in [2.75, 3.05) is 28.7 Å². The molecule has 0 saturated carbocycles. The third-order valence-electron chi connectivity index (χ3n) is 4.31. The molecule has 3 rings (SSSR count). The van der Waals surface area contributed by atoms with Gasteiger partial charge < -0.3 is 5.32 Å². The Bertz CT molecular complexity index is 870. The third kappa shape index (κ3) is 3.21. The molecule has 0 aromatic heterocycles. The maximum Gasteiger partial charge on any atom is 0.330 e. The maximum atomic E-state index is 14.0. The minimum absolute atomic E-state index is 0.313. The molecule has 0 saturated heterocycles. The second-order valence-corrected chi connectivity index (χ2v) is 7.78. The molecule has 1 heterocycles. The van der Waals surface area contributed by atoms with Gasteiger partial charge in [0.05, 0.1) is 17.1 Å². The zero-order chi connectivity index (χ0) is 18.0. The SMILES string of the molecule is CNCCCCN1c2ccccc2N(c2ccc(C)c(F)c2)S1(=O)=O. The number of nitrogens with one attached hydrogen (secondary N) is 1. The standard InChI is InChI=1S/C18H22FN3O2S/c1-14-9-10-15(13-16(14)19)22-18-8-4-3-7-17(18)21(25(22,23)24)12-6-5-11-20-2/h3-4,7-10,13,20H,5-6,11-12H2,1-2H3. The van der Waals surface area contributed by atoms with E-state index in [1.807, 2.05) is 13.1 Å². The van der Waals surface area contributed by atoms with Crippen molar-refractivity contribution in [1.82, 2.24) is 5.32 Å². The fourth-order valence-corrected chi connectivity index (χ4v) is 4.71. The van der Waals surface area contributed by atoms with Gasteiger partial charge in [-0.15, -0.1) is 0 Å². The van der Waals surface area contributed by atoms with Crippen LogP contribution in [0.2, 0.25) is 0 Å². The van der Waals surface area contributed by atoms with Crippen molar-refractivity contribution in [1.29, 1.82) is 0 Å². The molecule has 0 fully saturated rings. The first-order valence-electron chi connectivity index (χ1n) is 8.29. The number of unbranched alkanes of at least 4 members (excludes halogenated alkanes) is 1. The topological polar surface area (TPSA) is 52.6 Å². The van der Waals surface area contributed by atoms with Crippen LogP contribution in [0.3, 0.4) is 0 Å². The average Bonchev–Trinajstić information content (AvgIpc) is 2.81. The van der Waals surface area contributed by atoms with E-state index >= 15 is 0 Å². The van der Waals surface area contributed by atoms with Gasteiger partial charge in [0, 0.05) is 6.54 Å². The minimum Gasteiger partial charge on any atom is -0.320 e. The van der Waals surface area contributed by atoms with Crippen LogP contribution in [0.1, 0.15) is 18.4 Å². The highest BCUT2D eigenvalue weighted by Crippen LogP contribution is 2.45. The summed E-state index contributed by atoms with van der Waals surface area (Å²) in [5, 5.41) is 3.06. The number of fused-ring (bicyclic) bond motifs is 1. The zero-order valence-electron chi connectivity index (χ0n) is 14.4. The molecule has 7 heteroatoms. The predicted molar refractivity (Wildman–Crippen MR) is 99.1 cm³/mol. The number of halogens is 1. The van der Waals surface area contributed by atoms with Crippen molar-refractivity contribution in [2.24, 2.45) is 0 Å². The van der Waals surface area contributed by atoms with Gasteiger partial charge in [-0.2, -0.15) is 8.42 Å². The number of benzene rings is 2. The van der Waals surface area contributed by atoms with Crippen molar-refractivity contribution in [3.05, 3.63) is 53.8 Å². The summed E-state index contributed by atoms with van der Waals surface area (Å²) in [7, 11) is -1.91. The van der Waals surface area contributed by atoms with Crippen LogP contribution in [-0.4, -0.2) is 28.6 Å². The molecule has 0 radical (unpaired) electrons. The van der Waals surface area contributed by atoms with E-state index in [2.05, 4.69) is 5.32 Å². The summed E-state index contributed by atoms with van der Waals surface area (Å²) >= 11 is 0. The normalized spacial score (nSPS) is 15.5. The Kier molecular flexibility index (Phi) is 4.96. The van der Waals surface area contributed by atoms with Crippen LogP contribution >= 0.6 is 0 Å². The second-order valence-electron chi connectivity index (χ2n) is 6.08. The Hall–Kier alpha value is -2.12. The molecule has 1 aliphatic rings. The van der Waals surface area contributed by atoms with Crippen LogP contribution in [0.5, 0.6) is 0 Å². The Morgan fingerprint density at radius 2 is 1.80 bits per heavy atom. The lowest BCUT2D eigenvalue weighted by Gasteiger charge is -2.22. The van der Waals surface area contributed by atoms with Gasteiger partial charge in [-0.3, -0.25) is 4.31 Å². The van der Waals surface area contributed by atoms with Crippen molar-refractivity contribution in [3.8, 4) is 0 Å². The lowest BCUT2D eigenvalue weighted by atomic mass is 10.2. The Balaban J connectivity index is 2.00. The van der Waals surface area contributed by atoms with E-state index in [0.29, 0.717) is 29.2 Å². The number of hydrogen-bond acceptors (Lipinski definition) is 3. The molecule has 0 aliphatic carbocycles. The largest absolute Gasteiger partial charge is 0.330 e. The highest BCUT2D eigenvalue weighted by molar-refractivity contribution is 7.95. The number of anilines is 3. The monoisotopic (exact) mass is 363 g/mol. The van der Waals surface area contributed by atoms with E-state index in [-0.39, 0.29) is 0 Å². The van der Waals surface area contributed by atoms with Crippen LogP contribution in [0.25, 0.3) is 0 Å². The van der Waals surface area contributed by atoms with Gasteiger partial charge in [-0.25, -0.2) is 8.70 Å². The van der Waals surface area contributed by atoms with Crippen molar-refractivity contribution in [2.45, 2.75) is 19.8 Å². The van der Waals surface area contributed by atoms with Gasteiger partial charge in [-0.1, -0.05) is 18.2 Å². The molecule has 0 spiro atoms. The van der Waals surface area contributed by atoms with Gasteiger partial charge in [0.15, 0.2) is 0 Å². The molecular weight excluding hydrogens is 341 g/mol. The predicted octanol–water partition coefficient (Wildman–Crippen LogP) is 3.34. The van der Waals surface area contributed by atoms with Crippen LogP contribution in [-0.2, 0) is 10.2 Å². The second kappa shape index (κ2) is 7.01. The van der Waals surface area contributed by atoms with E-state index in [1.165, 1.54) is 14.7 Å². The summed E-state index contributed by atoms with van der Waals surface area (Å²) in [4.78, 5) is 0. The number of nitrogens with zero attached hydrogens (tertiary/aromatic N) is 2. The summed E-state index contributed by atoms with van der Waals surface area (Å²) in [6, 6.07) is 11.6. The van der Waals surface area contributed by atoms with Gasteiger partial charge >= 0.3 is 10.2 Å². The molecule has 2 aromatic rings. The van der Waals surface area contributed by atoms with Crippen LogP contribution in [0.15, 0.2) is 42.5 Å². The molecule has 25 heavy (non-hydrogen) atoms. The lowest BCUT2D eigenvalue weighted by Crippen LogP contribution is -2.36. The number of rotatable bonds is 6. The molecular formula is C18H22FN3O2S. The summed E-state index contributed by atoms with van der Waals surface area (Å²) in [5.41, 5.74) is 1.98. The Morgan fingerprint density at radius 1 is 1.08 bits per heavy atom. The van der Waals surface area contributed by atoms with E-state index < -0.39 is 16.0 Å². The van der Waals surface area contributed by atoms with Crippen molar-refractivity contribution >= 4 is 27.3 Å². The van der Waals surface area contributed by atoms with Gasteiger partial charge in [0.2, 0.25) is 0 Å². The third-order valence-corrected chi connectivity index (χ3v) is 6.11. The van der Waals surface area contributed by atoms with Crippen LogP contribution < -0.4 is 13.9 Å². The minimum atomic E-state index is -3.78. The molecule has 134 valence electrons. The number of aryl methyl sites for hydroxylation is 1. The maximum absolute atomic E-state index is 14.0. The summed E-state index contributed by atoms with van der Waals surface area (Å²) in [5.74, 6) is -0.419. The van der Waals surface area contributed by atoms with E-state index in [4.69, 9.17) is 0 Å². The Labute approximate surface area is 148 Å². The highest BCUT2D eigenvalue weighted by Gasteiger charge is 2.40. The lowest BCUT2D eigenvalue weighted by molar-refractivity contribution is 0.589. The smallest absolute Gasteiger partial charge is 0.320 e. The van der Waals surface area contributed by atoms with Crippen molar-refractivity contribution in [3.63, 3.8) is 0 Å². The van der Waals surface area contributed by atoms with Crippen LogP contribution in [0, 0.1) is 12.7 Å². The molecule has 1 N–H and O–H groups in total. The number of hydrogen-bond donors (Lipinski definition) is 1. The molecule has 1 aliphatic heterocycles. The van der Waals surface area contributed by atoms with Crippen LogP contribution in [0.4, 0.5) is 21.5 Å². The highest BCUT2D eigenvalue weighted by atomic mass is 32.2. The fraction of sp³-hybridized carbons (Fsp3) is 0.333. The molecule has 2 aromatic carbocycles. The molecule has 0 bridgehead atoms. The quantitative estimate of drug-likeness (QED) is 0.801. The zero-order valence-corrected chi connectivity index (χ0v) is 15.2. The van der Waals surface area contributed by atoms with E-state index in [0.717, 1.165) is 19.4 Å².